The maximum Gasteiger partial charge on any atom is 0.258 e. The highest BCUT2D eigenvalue weighted by atomic mass is 16.6. The highest BCUT2D eigenvalue weighted by molar-refractivity contribution is 5.78. The minimum Gasteiger partial charge on any atom is -0.486 e. The first-order valence-corrected chi connectivity index (χ1v) is 9.29. The maximum absolute atomic E-state index is 12.4. The molecule has 2 aromatic rings. The van der Waals surface area contributed by atoms with E-state index in [0.29, 0.717) is 30.6 Å². The standard InChI is InChI=1S/C22H27NO4/c1-15(2)16-5-8-18(9-6-16)27-14-21(24)23-22(3,4)17-7-10-19-20(13-17)26-12-11-25-19/h5-10,13,15H,11-12,14H2,1-4H3,(H,23,24). The molecule has 0 radical (unpaired) electrons. The quantitative estimate of drug-likeness (QED) is 0.836. The molecule has 0 unspecified atom stereocenters. The summed E-state index contributed by atoms with van der Waals surface area (Å²) in [5, 5.41) is 3.02. The summed E-state index contributed by atoms with van der Waals surface area (Å²) in [5.41, 5.74) is 1.63. The third-order valence-corrected chi connectivity index (χ3v) is 4.63. The van der Waals surface area contributed by atoms with Crippen molar-refractivity contribution in [3.8, 4) is 17.2 Å². The van der Waals surface area contributed by atoms with E-state index in [-0.39, 0.29) is 12.5 Å². The van der Waals surface area contributed by atoms with Gasteiger partial charge in [0.2, 0.25) is 0 Å². The number of hydrogen-bond donors (Lipinski definition) is 1. The van der Waals surface area contributed by atoms with Gasteiger partial charge in [-0.3, -0.25) is 4.79 Å². The third-order valence-electron chi connectivity index (χ3n) is 4.63. The van der Waals surface area contributed by atoms with Crippen molar-refractivity contribution >= 4 is 5.91 Å². The minimum atomic E-state index is -0.558. The Morgan fingerprint density at radius 2 is 1.74 bits per heavy atom. The second-order valence-electron chi connectivity index (χ2n) is 7.54. The first-order chi connectivity index (χ1) is 12.8. The van der Waals surface area contributed by atoms with Gasteiger partial charge in [-0.2, -0.15) is 0 Å². The summed E-state index contributed by atoms with van der Waals surface area (Å²) in [6, 6.07) is 13.6. The summed E-state index contributed by atoms with van der Waals surface area (Å²) in [7, 11) is 0. The number of ether oxygens (including phenoxy) is 3. The molecule has 144 valence electrons. The number of carbonyl (C=O) groups is 1. The molecule has 3 rings (SSSR count). The van der Waals surface area contributed by atoms with Crippen molar-refractivity contribution in [1.29, 1.82) is 0 Å². The summed E-state index contributed by atoms with van der Waals surface area (Å²) < 4.78 is 16.8. The van der Waals surface area contributed by atoms with Crippen LogP contribution in [0.25, 0.3) is 0 Å². The van der Waals surface area contributed by atoms with Crippen molar-refractivity contribution in [1.82, 2.24) is 5.32 Å². The van der Waals surface area contributed by atoms with Gasteiger partial charge < -0.3 is 19.5 Å². The van der Waals surface area contributed by atoms with Crippen molar-refractivity contribution in [2.24, 2.45) is 0 Å². The lowest BCUT2D eigenvalue weighted by molar-refractivity contribution is -0.124. The smallest absolute Gasteiger partial charge is 0.258 e. The lowest BCUT2D eigenvalue weighted by Crippen LogP contribution is -2.43. The number of hydrogen-bond acceptors (Lipinski definition) is 4. The second-order valence-corrected chi connectivity index (χ2v) is 7.54. The fourth-order valence-corrected chi connectivity index (χ4v) is 2.99. The number of amides is 1. The largest absolute Gasteiger partial charge is 0.486 e. The Morgan fingerprint density at radius 1 is 1.07 bits per heavy atom. The van der Waals surface area contributed by atoms with Gasteiger partial charge >= 0.3 is 0 Å². The van der Waals surface area contributed by atoms with Gasteiger partial charge in [0, 0.05) is 0 Å². The van der Waals surface area contributed by atoms with E-state index in [4.69, 9.17) is 14.2 Å². The Kier molecular flexibility index (Phi) is 5.59. The van der Waals surface area contributed by atoms with E-state index < -0.39 is 5.54 Å². The van der Waals surface area contributed by atoms with Gasteiger partial charge in [0.1, 0.15) is 19.0 Å². The topological polar surface area (TPSA) is 56.8 Å². The van der Waals surface area contributed by atoms with Crippen LogP contribution >= 0.6 is 0 Å². The Balaban J connectivity index is 1.59. The SMILES string of the molecule is CC(C)c1ccc(OCC(=O)NC(C)(C)c2ccc3c(c2)OCCO3)cc1. The van der Waals surface area contributed by atoms with Crippen molar-refractivity contribution in [3.63, 3.8) is 0 Å². The van der Waals surface area contributed by atoms with Gasteiger partial charge in [0.15, 0.2) is 18.1 Å². The van der Waals surface area contributed by atoms with Crippen molar-refractivity contribution in [3.05, 3.63) is 53.6 Å². The molecule has 0 atom stereocenters. The van der Waals surface area contributed by atoms with Gasteiger partial charge in [-0.25, -0.2) is 0 Å². The van der Waals surface area contributed by atoms with Crippen LogP contribution in [0.4, 0.5) is 0 Å². The summed E-state index contributed by atoms with van der Waals surface area (Å²) in [6.07, 6.45) is 0. The molecular weight excluding hydrogens is 342 g/mol. The fourth-order valence-electron chi connectivity index (χ4n) is 2.99. The van der Waals surface area contributed by atoms with Gasteiger partial charge in [0.05, 0.1) is 5.54 Å². The number of fused-ring (bicyclic) bond motifs is 1. The molecule has 1 aliphatic rings. The molecule has 0 aliphatic carbocycles. The lowest BCUT2D eigenvalue weighted by atomic mass is 9.93. The van der Waals surface area contributed by atoms with Crippen LogP contribution in [0.15, 0.2) is 42.5 Å². The van der Waals surface area contributed by atoms with E-state index in [2.05, 4.69) is 19.2 Å². The molecule has 0 bridgehead atoms. The number of rotatable bonds is 6. The van der Waals surface area contributed by atoms with Crippen LogP contribution in [0.2, 0.25) is 0 Å². The average Bonchev–Trinajstić information content (AvgIpc) is 2.66. The van der Waals surface area contributed by atoms with Crippen LogP contribution in [0.1, 0.15) is 44.7 Å². The predicted molar refractivity (Wildman–Crippen MR) is 105 cm³/mol. The van der Waals surface area contributed by atoms with Crippen LogP contribution in [0.3, 0.4) is 0 Å². The van der Waals surface area contributed by atoms with Crippen molar-refractivity contribution in [2.45, 2.75) is 39.2 Å². The normalized spacial score (nSPS) is 13.4. The average molecular weight is 369 g/mol. The van der Waals surface area contributed by atoms with E-state index in [0.717, 1.165) is 11.3 Å². The molecule has 0 spiro atoms. The van der Waals surface area contributed by atoms with Crippen LogP contribution in [-0.4, -0.2) is 25.7 Å². The maximum atomic E-state index is 12.4. The molecule has 2 aromatic carbocycles. The van der Waals surface area contributed by atoms with Gasteiger partial charge in [-0.1, -0.05) is 32.0 Å². The van der Waals surface area contributed by atoms with Gasteiger partial charge in [-0.15, -0.1) is 0 Å². The van der Waals surface area contributed by atoms with Crippen molar-refractivity contribution < 1.29 is 19.0 Å². The monoisotopic (exact) mass is 369 g/mol. The Labute approximate surface area is 160 Å². The number of nitrogens with one attached hydrogen (secondary N) is 1. The summed E-state index contributed by atoms with van der Waals surface area (Å²) >= 11 is 0. The molecule has 1 N–H and O–H groups in total. The second kappa shape index (κ2) is 7.91. The molecular formula is C22H27NO4. The summed E-state index contributed by atoms with van der Waals surface area (Å²) in [5.74, 6) is 2.42. The third kappa shape index (κ3) is 4.73. The lowest BCUT2D eigenvalue weighted by Gasteiger charge is -2.28. The van der Waals surface area contributed by atoms with Crippen LogP contribution in [-0.2, 0) is 10.3 Å². The summed E-state index contributed by atoms with van der Waals surface area (Å²) in [4.78, 5) is 12.4. The molecule has 0 aromatic heterocycles. The molecule has 1 aliphatic heterocycles. The van der Waals surface area contributed by atoms with Crippen LogP contribution in [0, 0.1) is 0 Å². The molecule has 1 amide bonds. The highest BCUT2D eigenvalue weighted by Crippen LogP contribution is 2.34. The van der Waals surface area contributed by atoms with E-state index >= 15 is 0 Å². The highest BCUT2D eigenvalue weighted by Gasteiger charge is 2.25. The molecule has 0 saturated carbocycles. The first-order valence-electron chi connectivity index (χ1n) is 9.29. The summed E-state index contributed by atoms with van der Waals surface area (Å²) in [6.45, 7) is 9.25. The fraction of sp³-hybridized carbons (Fsp3) is 0.409. The minimum absolute atomic E-state index is 0.0327. The first kappa shape index (κ1) is 19.1. The van der Waals surface area contributed by atoms with E-state index in [1.54, 1.807) is 0 Å². The van der Waals surface area contributed by atoms with E-state index in [9.17, 15) is 4.79 Å². The Bertz CT molecular complexity index is 796. The van der Waals surface area contributed by atoms with Crippen LogP contribution in [0.5, 0.6) is 17.2 Å². The van der Waals surface area contributed by atoms with Gasteiger partial charge in [-0.05, 0) is 55.2 Å². The van der Waals surface area contributed by atoms with E-state index in [1.807, 2.05) is 56.3 Å². The zero-order valence-corrected chi connectivity index (χ0v) is 16.4. The predicted octanol–water partition coefficient (Wildman–Crippen LogP) is 4.01. The van der Waals surface area contributed by atoms with E-state index in [1.165, 1.54) is 5.56 Å². The van der Waals surface area contributed by atoms with Crippen LogP contribution < -0.4 is 19.5 Å². The zero-order chi connectivity index (χ0) is 19.4. The molecule has 1 heterocycles. The van der Waals surface area contributed by atoms with Crippen molar-refractivity contribution in [2.75, 3.05) is 19.8 Å². The molecule has 5 nitrogen and oxygen atoms in total. The molecule has 27 heavy (non-hydrogen) atoms. The molecule has 5 heteroatoms. The number of carbonyl (C=O) groups excluding carboxylic acids is 1. The molecule has 0 saturated heterocycles. The molecule has 0 fully saturated rings. The Hall–Kier alpha value is -2.69. The Morgan fingerprint density at radius 3 is 2.41 bits per heavy atom. The van der Waals surface area contributed by atoms with Gasteiger partial charge in [0.25, 0.3) is 5.91 Å². The zero-order valence-electron chi connectivity index (χ0n) is 16.4. The number of benzene rings is 2.